The molecule has 0 amide bonds. The van der Waals surface area contributed by atoms with Gasteiger partial charge in [0.05, 0.1) is 38.8 Å². The predicted molar refractivity (Wildman–Crippen MR) is 102 cm³/mol. The van der Waals surface area contributed by atoms with Crippen molar-refractivity contribution in [3.05, 3.63) is 59.4 Å². The molecule has 1 aromatic carbocycles. The minimum atomic E-state index is -0.423. The fourth-order valence-electron chi connectivity index (χ4n) is 3.03. The van der Waals surface area contributed by atoms with Crippen LogP contribution in [-0.2, 0) is 22.6 Å². The van der Waals surface area contributed by atoms with Crippen molar-refractivity contribution in [3.8, 4) is 23.3 Å². The van der Waals surface area contributed by atoms with Gasteiger partial charge >= 0.3 is 5.97 Å². The number of nitrogens with zero attached hydrogens (tertiary/aromatic N) is 2. The molecule has 7 heteroatoms. The Morgan fingerprint density at radius 2 is 1.82 bits per heavy atom. The summed E-state index contributed by atoms with van der Waals surface area (Å²) in [7, 11) is 4.55. The number of pyridine rings is 1. The lowest BCUT2D eigenvalue weighted by atomic mass is 10.1. The molecule has 0 bridgehead atoms. The summed E-state index contributed by atoms with van der Waals surface area (Å²) in [5.41, 5.74) is 2.61. The molecule has 0 radical (unpaired) electrons. The fraction of sp³-hybridized carbons (Fsp3) is 0.238. The third-order valence-electron chi connectivity index (χ3n) is 4.34. The quantitative estimate of drug-likeness (QED) is 0.586. The van der Waals surface area contributed by atoms with Gasteiger partial charge in [-0.3, -0.25) is 4.79 Å². The highest BCUT2D eigenvalue weighted by Gasteiger charge is 2.16. The molecule has 2 aromatic heterocycles. The monoisotopic (exact) mass is 380 g/mol. The second-order valence-electron chi connectivity index (χ2n) is 6.01. The summed E-state index contributed by atoms with van der Waals surface area (Å²) in [6.45, 7) is 0.0217. The summed E-state index contributed by atoms with van der Waals surface area (Å²) < 4.78 is 23.1. The summed E-state index contributed by atoms with van der Waals surface area (Å²) in [6, 6.07) is 11.2. The second kappa shape index (κ2) is 8.35. The molecule has 3 rings (SSSR count). The Kier molecular flexibility index (Phi) is 5.70. The first-order valence-electron chi connectivity index (χ1n) is 8.54. The third-order valence-corrected chi connectivity index (χ3v) is 4.34. The van der Waals surface area contributed by atoms with Crippen LogP contribution in [0.15, 0.2) is 42.7 Å². The van der Waals surface area contributed by atoms with Gasteiger partial charge in [-0.25, -0.2) is 0 Å². The molecule has 0 N–H and O–H groups in total. The van der Waals surface area contributed by atoms with E-state index in [4.69, 9.17) is 18.9 Å². The van der Waals surface area contributed by atoms with Crippen molar-refractivity contribution in [2.75, 3.05) is 21.3 Å². The highest BCUT2D eigenvalue weighted by Crippen LogP contribution is 2.38. The van der Waals surface area contributed by atoms with Crippen LogP contribution in [0.2, 0.25) is 0 Å². The normalized spacial score (nSPS) is 10.4. The Morgan fingerprint density at radius 3 is 2.43 bits per heavy atom. The number of benzene rings is 1. The van der Waals surface area contributed by atoms with Crippen LogP contribution in [0, 0.1) is 11.3 Å². The number of hydrogen-bond acceptors (Lipinski definition) is 6. The molecule has 0 atom stereocenters. The Hall–Kier alpha value is -3.66. The number of hydrogen-bond donors (Lipinski definition) is 0. The minimum Gasteiger partial charge on any atom is -0.493 e. The molecule has 2 heterocycles. The van der Waals surface area contributed by atoms with Gasteiger partial charge < -0.3 is 23.3 Å². The Balaban J connectivity index is 1.74. The van der Waals surface area contributed by atoms with E-state index in [0.717, 1.165) is 5.52 Å². The zero-order chi connectivity index (χ0) is 20.1. The van der Waals surface area contributed by atoms with Crippen molar-refractivity contribution in [1.82, 2.24) is 4.40 Å². The van der Waals surface area contributed by atoms with Crippen LogP contribution in [0.4, 0.5) is 0 Å². The maximum absolute atomic E-state index is 12.3. The zero-order valence-electron chi connectivity index (χ0n) is 15.9. The third kappa shape index (κ3) is 3.71. The molecule has 0 aliphatic carbocycles. The number of carbonyl (C=O) groups is 1. The van der Waals surface area contributed by atoms with Gasteiger partial charge in [0.2, 0.25) is 5.75 Å². The highest BCUT2D eigenvalue weighted by atomic mass is 16.5. The van der Waals surface area contributed by atoms with Crippen LogP contribution < -0.4 is 14.2 Å². The number of esters is 1. The largest absolute Gasteiger partial charge is 0.493 e. The SMILES string of the molecule is COc1cc(CC(=O)OCc2cn3ccccc3c2C#N)cc(OC)c1OC. The first-order valence-corrected chi connectivity index (χ1v) is 8.54. The van der Waals surface area contributed by atoms with Gasteiger partial charge in [0.25, 0.3) is 0 Å². The van der Waals surface area contributed by atoms with Crippen LogP contribution in [-0.4, -0.2) is 31.7 Å². The lowest BCUT2D eigenvalue weighted by Gasteiger charge is -2.14. The smallest absolute Gasteiger partial charge is 0.310 e. The van der Waals surface area contributed by atoms with Crippen LogP contribution in [0.3, 0.4) is 0 Å². The van der Waals surface area contributed by atoms with Gasteiger partial charge in [-0.2, -0.15) is 5.26 Å². The van der Waals surface area contributed by atoms with Gasteiger partial charge in [-0.15, -0.1) is 0 Å². The van der Waals surface area contributed by atoms with E-state index in [1.807, 2.05) is 28.8 Å². The molecule has 0 fully saturated rings. The average molecular weight is 380 g/mol. The fourth-order valence-corrected chi connectivity index (χ4v) is 3.03. The Bertz CT molecular complexity index is 1020. The standard InChI is InChI=1S/C21H20N2O5/c1-25-18-8-14(9-19(26-2)21(18)27-3)10-20(24)28-13-15-12-23-7-5-4-6-17(23)16(15)11-22/h4-9,12H,10,13H2,1-3H3. The summed E-state index contributed by atoms with van der Waals surface area (Å²) >= 11 is 0. The van der Waals surface area contributed by atoms with E-state index in [0.29, 0.717) is 33.9 Å². The van der Waals surface area contributed by atoms with Crippen molar-refractivity contribution >= 4 is 11.5 Å². The molecule has 28 heavy (non-hydrogen) atoms. The molecule has 144 valence electrons. The molecular weight excluding hydrogens is 360 g/mol. The first kappa shape index (κ1) is 19.1. The van der Waals surface area contributed by atoms with E-state index in [-0.39, 0.29) is 13.0 Å². The molecule has 0 spiro atoms. The van der Waals surface area contributed by atoms with Crippen LogP contribution in [0.25, 0.3) is 5.52 Å². The molecular formula is C21H20N2O5. The lowest BCUT2D eigenvalue weighted by Crippen LogP contribution is -2.09. The Morgan fingerprint density at radius 1 is 1.11 bits per heavy atom. The number of fused-ring (bicyclic) bond motifs is 1. The summed E-state index contributed by atoms with van der Waals surface area (Å²) in [5.74, 6) is 0.972. The number of nitriles is 1. The second-order valence-corrected chi connectivity index (χ2v) is 6.01. The summed E-state index contributed by atoms with van der Waals surface area (Å²) in [6.07, 6.45) is 3.67. The van der Waals surface area contributed by atoms with E-state index in [2.05, 4.69) is 6.07 Å². The van der Waals surface area contributed by atoms with Crippen molar-refractivity contribution in [2.24, 2.45) is 0 Å². The Labute approximate surface area is 162 Å². The molecule has 0 aliphatic heterocycles. The maximum atomic E-state index is 12.3. The topological polar surface area (TPSA) is 82.2 Å². The van der Waals surface area contributed by atoms with E-state index < -0.39 is 5.97 Å². The van der Waals surface area contributed by atoms with E-state index in [1.165, 1.54) is 21.3 Å². The molecule has 0 unspecified atom stereocenters. The first-order chi connectivity index (χ1) is 13.6. The lowest BCUT2D eigenvalue weighted by molar-refractivity contribution is -0.144. The van der Waals surface area contributed by atoms with Crippen LogP contribution >= 0.6 is 0 Å². The van der Waals surface area contributed by atoms with Gasteiger partial charge in [0.1, 0.15) is 12.7 Å². The van der Waals surface area contributed by atoms with E-state index >= 15 is 0 Å². The van der Waals surface area contributed by atoms with Crippen molar-refractivity contribution in [3.63, 3.8) is 0 Å². The predicted octanol–water partition coefficient (Wildman–Crippen LogP) is 3.12. The van der Waals surface area contributed by atoms with Crippen LogP contribution in [0.1, 0.15) is 16.7 Å². The number of rotatable bonds is 7. The van der Waals surface area contributed by atoms with Crippen molar-refractivity contribution < 1.29 is 23.7 Å². The summed E-state index contributed by atoms with van der Waals surface area (Å²) in [4.78, 5) is 12.3. The van der Waals surface area contributed by atoms with Crippen molar-refractivity contribution in [2.45, 2.75) is 13.0 Å². The highest BCUT2D eigenvalue weighted by molar-refractivity contribution is 5.74. The average Bonchev–Trinajstić information content (AvgIpc) is 3.08. The minimum absolute atomic E-state index is 0.0217. The number of carbonyl (C=O) groups excluding carboxylic acids is 1. The van der Waals surface area contributed by atoms with Gasteiger partial charge in [0.15, 0.2) is 11.5 Å². The van der Waals surface area contributed by atoms with Crippen molar-refractivity contribution in [1.29, 1.82) is 5.26 Å². The molecule has 0 saturated heterocycles. The summed E-state index contributed by atoms with van der Waals surface area (Å²) in [5, 5.41) is 9.43. The number of ether oxygens (including phenoxy) is 4. The van der Waals surface area contributed by atoms with Crippen LogP contribution in [0.5, 0.6) is 17.2 Å². The molecule has 0 saturated carbocycles. The van der Waals surface area contributed by atoms with Gasteiger partial charge in [-0.1, -0.05) is 6.07 Å². The molecule has 0 aliphatic rings. The number of aromatic nitrogens is 1. The maximum Gasteiger partial charge on any atom is 0.310 e. The van der Waals surface area contributed by atoms with Gasteiger partial charge in [0, 0.05) is 18.0 Å². The zero-order valence-corrected chi connectivity index (χ0v) is 15.9. The van der Waals surface area contributed by atoms with E-state index in [1.54, 1.807) is 18.3 Å². The molecule has 7 nitrogen and oxygen atoms in total. The molecule has 3 aromatic rings. The number of methoxy groups -OCH3 is 3. The van der Waals surface area contributed by atoms with Gasteiger partial charge in [-0.05, 0) is 29.8 Å². The van der Waals surface area contributed by atoms with E-state index in [9.17, 15) is 10.1 Å².